The topological polar surface area (TPSA) is 34.6 Å². The van der Waals surface area contributed by atoms with Crippen LogP contribution in [0.25, 0.3) is 10.9 Å². The van der Waals surface area contributed by atoms with E-state index < -0.39 is 0 Å². The van der Waals surface area contributed by atoms with Crippen LogP contribution in [0.1, 0.15) is 30.1 Å². The van der Waals surface area contributed by atoms with Crippen LogP contribution in [0, 0.1) is 23.7 Å². The summed E-state index contributed by atoms with van der Waals surface area (Å²) in [4.78, 5) is 7.18. The zero-order valence-corrected chi connectivity index (χ0v) is 19.1. The third-order valence-corrected chi connectivity index (χ3v) is 7.13. The number of ether oxygens (including phenoxy) is 2. The predicted octanol–water partition coefficient (Wildman–Crippen LogP) is 5.25. The van der Waals surface area contributed by atoms with Gasteiger partial charge in [0, 0.05) is 29.7 Å². The summed E-state index contributed by atoms with van der Waals surface area (Å²) in [6, 6.07) is 18.5. The molecule has 3 aromatic rings. The van der Waals surface area contributed by atoms with Crippen molar-refractivity contribution in [1.82, 2.24) is 9.88 Å². The molecule has 2 aromatic carbocycles. The molecule has 2 bridgehead atoms. The van der Waals surface area contributed by atoms with Gasteiger partial charge in [-0.3, -0.25) is 9.88 Å². The average molecular weight is 439 g/mol. The minimum atomic E-state index is -0.0822. The molecule has 0 saturated carbocycles. The predicted molar refractivity (Wildman–Crippen MR) is 132 cm³/mol. The first-order chi connectivity index (χ1) is 16.3. The lowest BCUT2D eigenvalue weighted by Gasteiger charge is -2.51. The number of fused-ring (bicyclic) bond motifs is 4. The van der Waals surface area contributed by atoms with Crippen molar-refractivity contribution in [1.29, 1.82) is 0 Å². The highest BCUT2D eigenvalue weighted by Crippen LogP contribution is 2.43. The molecule has 3 fully saturated rings. The number of aromatic nitrogens is 1. The molecule has 3 saturated heterocycles. The van der Waals surface area contributed by atoms with Crippen LogP contribution in [0.2, 0.25) is 0 Å². The highest BCUT2D eigenvalue weighted by atomic mass is 16.5. The van der Waals surface area contributed by atoms with E-state index in [1.54, 1.807) is 7.11 Å². The van der Waals surface area contributed by atoms with E-state index in [1.807, 2.05) is 48.7 Å². The molecule has 0 radical (unpaired) electrons. The van der Waals surface area contributed by atoms with Gasteiger partial charge in [-0.1, -0.05) is 36.1 Å². The Bertz CT molecular complexity index is 1180. The van der Waals surface area contributed by atoms with Crippen molar-refractivity contribution in [3.8, 4) is 17.6 Å². The lowest BCUT2D eigenvalue weighted by atomic mass is 9.73. The molecule has 0 spiro atoms. The van der Waals surface area contributed by atoms with E-state index in [0.29, 0.717) is 24.5 Å². The van der Waals surface area contributed by atoms with Crippen molar-refractivity contribution >= 4 is 10.9 Å². The highest BCUT2D eigenvalue weighted by molar-refractivity contribution is 5.84. The van der Waals surface area contributed by atoms with Crippen LogP contribution in [0.15, 0.2) is 73.4 Å². The number of hydrogen-bond donors (Lipinski definition) is 0. The van der Waals surface area contributed by atoms with E-state index in [2.05, 4.69) is 46.5 Å². The molecule has 4 heterocycles. The third-order valence-electron chi connectivity index (χ3n) is 7.13. The summed E-state index contributed by atoms with van der Waals surface area (Å²) < 4.78 is 12.1. The second kappa shape index (κ2) is 9.79. The van der Waals surface area contributed by atoms with Crippen LogP contribution < -0.4 is 4.74 Å². The average Bonchev–Trinajstić information content (AvgIpc) is 2.89. The first-order valence-electron chi connectivity index (χ1n) is 11.7. The summed E-state index contributed by atoms with van der Waals surface area (Å²) in [6.07, 6.45) is 6.29. The Morgan fingerprint density at radius 2 is 2.09 bits per heavy atom. The van der Waals surface area contributed by atoms with Gasteiger partial charge in [0.05, 0.1) is 18.7 Å². The molecule has 5 atom stereocenters. The van der Waals surface area contributed by atoms with Gasteiger partial charge >= 0.3 is 0 Å². The van der Waals surface area contributed by atoms with Crippen molar-refractivity contribution in [2.24, 2.45) is 11.8 Å². The summed E-state index contributed by atoms with van der Waals surface area (Å²) >= 11 is 0. The first-order valence-corrected chi connectivity index (χ1v) is 11.7. The number of piperidine rings is 3. The lowest BCUT2D eigenvalue weighted by Crippen LogP contribution is -2.55. The van der Waals surface area contributed by atoms with E-state index in [9.17, 15) is 0 Å². The van der Waals surface area contributed by atoms with Gasteiger partial charge in [0.25, 0.3) is 0 Å². The third kappa shape index (κ3) is 4.53. The maximum absolute atomic E-state index is 6.58. The molecule has 33 heavy (non-hydrogen) atoms. The standard InChI is InChI=1S/C29H30N2O2/c1-3-22-20-31-16-14-23(22)18-28(31)29(33-17-7-10-21-8-5-4-6-9-21)25-13-15-30-27-12-11-24(32-2)19-26(25)27/h3-6,8-9,11-13,15,19,22-23,28-29H,1,14,16-18,20H2,2H3/t22-,23?,28+,29-/m0/s1. The molecule has 1 aromatic heterocycles. The van der Waals surface area contributed by atoms with Crippen molar-refractivity contribution in [2.45, 2.75) is 25.0 Å². The van der Waals surface area contributed by atoms with Crippen LogP contribution >= 0.6 is 0 Å². The molecule has 0 N–H and O–H groups in total. The summed E-state index contributed by atoms with van der Waals surface area (Å²) in [5, 5.41) is 1.08. The molecular formula is C29H30N2O2. The Hall–Kier alpha value is -3.13. The quantitative estimate of drug-likeness (QED) is 0.389. The smallest absolute Gasteiger partial charge is 0.119 e. The number of hydrogen-bond acceptors (Lipinski definition) is 4. The minimum Gasteiger partial charge on any atom is -0.497 e. The fourth-order valence-electron chi connectivity index (χ4n) is 5.41. The molecule has 168 valence electrons. The summed E-state index contributed by atoms with van der Waals surface area (Å²) in [7, 11) is 1.70. The molecule has 4 heteroatoms. The molecule has 0 aliphatic carbocycles. The Balaban J connectivity index is 1.48. The number of benzene rings is 2. The first kappa shape index (κ1) is 21.7. The number of pyridine rings is 1. The van der Waals surface area contributed by atoms with Gasteiger partial charge in [-0.25, -0.2) is 0 Å². The summed E-state index contributed by atoms with van der Waals surface area (Å²) in [6.45, 7) is 6.63. The molecule has 3 aliphatic rings. The Morgan fingerprint density at radius 3 is 2.85 bits per heavy atom. The Labute approximate surface area is 196 Å². The normalized spacial score (nSPS) is 24.6. The highest BCUT2D eigenvalue weighted by Gasteiger charge is 2.43. The maximum atomic E-state index is 6.58. The van der Waals surface area contributed by atoms with Gasteiger partial charge in [0.2, 0.25) is 0 Å². The van der Waals surface area contributed by atoms with Crippen molar-refractivity contribution in [2.75, 3.05) is 26.8 Å². The van der Waals surface area contributed by atoms with E-state index in [4.69, 9.17) is 9.47 Å². The van der Waals surface area contributed by atoms with Gasteiger partial charge in [-0.15, -0.1) is 6.58 Å². The fraction of sp³-hybridized carbons (Fsp3) is 0.345. The zero-order chi connectivity index (χ0) is 22.6. The van der Waals surface area contributed by atoms with Crippen molar-refractivity contribution < 1.29 is 9.47 Å². The van der Waals surface area contributed by atoms with Gasteiger partial charge in [-0.2, -0.15) is 0 Å². The summed E-state index contributed by atoms with van der Waals surface area (Å²) in [5.41, 5.74) is 3.12. The van der Waals surface area contributed by atoms with E-state index >= 15 is 0 Å². The van der Waals surface area contributed by atoms with Crippen LogP contribution in [-0.2, 0) is 4.74 Å². The largest absolute Gasteiger partial charge is 0.497 e. The van der Waals surface area contributed by atoms with Gasteiger partial charge < -0.3 is 9.47 Å². The van der Waals surface area contributed by atoms with Gasteiger partial charge in [-0.05, 0) is 73.2 Å². The van der Waals surface area contributed by atoms with Gasteiger partial charge in [0.1, 0.15) is 12.4 Å². The van der Waals surface area contributed by atoms with E-state index in [-0.39, 0.29) is 6.10 Å². The molecular weight excluding hydrogens is 408 g/mol. The minimum absolute atomic E-state index is 0.0822. The molecule has 0 amide bonds. The van der Waals surface area contributed by atoms with Gasteiger partial charge in [0.15, 0.2) is 0 Å². The number of nitrogens with zero attached hydrogens (tertiary/aromatic N) is 2. The monoisotopic (exact) mass is 438 g/mol. The summed E-state index contributed by atoms with van der Waals surface area (Å²) in [5.74, 6) is 8.52. The van der Waals surface area contributed by atoms with Crippen LogP contribution in [-0.4, -0.2) is 42.7 Å². The number of rotatable bonds is 6. The number of methoxy groups -OCH3 is 1. The SMILES string of the molecule is C=C[C@H]1CN2CCC1C[C@@H]2[C@@H](OCC#Cc1ccccc1)c1ccnc2ccc(OC)cc12. The zero-order valence-electron chi connectivity index (χ0n) is 19.1. The van der Waals surface area contributed by atoms with Crippen LogP contribution in [0.5, 0.6) is 5.75 Å². The fourth-order valence-corrected chi connectivity index (χ4v) is 5.41. The Morgan fingerprint density at radius 1 is 1.21 bits per heavy atom. The molecule has 2 unspecified atom stereocenters. The maximum Gasteiger partial charge on any atom is 0.119 e. The van der Waals surface area contributed by atoms with Crippen molar-refractivity contribution in [3.05, 3.63) is 84.6 Å². The van der Waals surface area contributed by atoms with E-state index in [0.717, 1.165) is 47.3 Å². The van der Waals surface area contributed by atoms with Crippen LogP contribution in [0.3, 0.4) is 0 Å². The molecule has 6 rings (SSSR count). The molecule has 4 nitrogen and oxygen atoms in total. The second-order valence-electron chi connectivity index (χ2n) is 8.93. The molecule has 3 aliphatic heterocycles. The Kier molecular flexibility index (Phi) is 6.44. The van der Waals surface area contributed by atoms with Crippen LogP contribution in [0.4, 0.5) is 0 Å². The lowest BCUT2D eigenvalue weighted by molar-refractivity contribution is -0.0673. The second-order valence-corrected chi connectivity index (χ2v) is 8.93. The van der Waals surface area contributed by atoms with Crippen molar-refractivity contribution in [3.63, 3.8) is 0 Å². The van der Waals surface area contributed by atoms with E-state index in [1.165, 1.54) is 6.42 Å².